The lowest BCUT2D eigenvalue weighted by Gasteiger charge is -2.12. The molecule has 0 atom stereocenters. The highest BCUT2D eigenvalue weighted by Gasteiger charge is 2.12. The topological polar surface area (TPSA) is 35.5 Å². The van der Waals surface area contributed by atoms with Gasteiger partial charge in [0.15, 0.2) is 5.78 Å². The first kappa shape index (κ1) is 12.8. The summed E-state index contributed by atoms with van der Waals surface area (Å²) in [6.45, 7) is 3.85. The van der Waals surface area contributed by atoms with E-state index in [4.69, 9.17) is 21.1 Å². The zero-order chi connectivity index (χ0) is 12.1. The van der Waals surface area contributed by atoms with E-state index in [2.05, 4.69) is 0 Å². The van der Waals surface area contributed by atoms with Gasteiger partial charge in [-0.15, -0.1) is 11.6 Å². The molecular weight excluding hydrogens is 228 g/mol. The monoisotopic (exact) mass is 242 g/mol. The Morgan fingerprint density at radius 1 is 1.44 bits per heavy atom. The number of Topliss-reactive ketones (excluding diaryl/α,β-unsaturated/α-hetero) is 1. The fraction of sp³-hybridized carbons (Fsp3) is 0.417. The second-order valence-electron chi connectivity index (χ2n) is 3.59. The third-order valence-electron chi connectivity index (χ3n) is 1.96. The maximum atomic E-state index is 11.6. The van der Waals surface area contributed by atoms with E-state index in [0.29, 0.717) is 17.1 Å². The van der Waals surface area contributed by atoms with Gasteiger partial charge >= 0.3 is 0 Å². The molecule has 0 aliphatic rings. The highest BCUT2D eigenvalue weighted by Crippen LogP contribution is 2.25. The van der Waals surface area contributed by atoms with Crippen molar-refractivity contribution < 1.29 is 14.3 Å². The highest BCUT2D eigenvalue weighted by molar-refractivity contribution is 6.30. The van der Waals surface area contributed by atoms with Gasteiger partial charge in [0.05, 0.1) is 24.7 Å². The second kappa shape index (κ2) is 5.75. The van der Waals surface area contributed by atoms with Crippen LogP contribution in [-0.4, -0.2) is 24.9 Å². The summed E-state index contributed by atoms with van der Waals surface area (Å²) in [7, 11) is 1.52. The molecule has 0 aliphatic heterocycles. The van der Waals surface area contributed by atoms with Gasteiger partial charge in [-0.2, -0.15) is 0 Å². The van der Waals surface area contributed by atoms with Crippen molar-refractivity contribution in [2.45, 2.75) is 20.0 Å². The van der Waals surface area contributed by atoms with E-state index in [-0.39, 0.29) is 17.8 Å². The Bertz CT molecular complexity index is 375. The van der Waals surface area contributed by atoms with Crippen molar-refractivity contribution in [3.63, 3.8) is 0 Å². The second-order valence-corrected chi connectivity index (χ2v) is 3.85. The Hall–Kier alpha value is -1.22. The van der Waals surface area contributed by atoms with E-state index >= 15 is 0 Å². The van der Waals surface area contributed by atoms with E-state index in [1.54, 1.807) is 18.2 Å². The molecule has 0 radical (unpaired) electrons. The highest BCUT2D eigenvalue weighted by atomic mass is 35.5. The Kier molecular flexibility index (Phi) is 4.62. The minimum Gasteiger partial charge on any atom is -0.496 e. The predicted molar refractivity (Wildman–Crippen MR) is 63.8 cm³/mol. The maximum Gasteiger partial charge on any atom is 0.181 e. The fourth-order valence-corrected chi connectivity index (χ4v) is 1.47. The lowest BCUT2D eigenvalue weighted by Crippen LogP contribution is -2.08. The van der Waals surface area contributed by atoms with E-state index in [1.165, 1.54) is 7.11 Å². The number of hydrogen-bond donors (Lipinski definition) is 0. The number of methoxy groups -OCH3 is 1. The van der Waals surface area contributed by atoms with Crippen LogP contribution < -0.4 is 9.47 Å². The molecule has 0 fully saturated rings. The van der Waals surface area contributed by atoms with Gasteiger partial charge in [-0.05, 0) is 32.0 Å². The van der Waals surface area contributed by atoms with Crippen molar-refractivity contribution in [3.05, 3.63) is 23.8 Å². The Labute approximate surface area is 100 Å². The van der Waals surface area contributed by atoms with Crippen molar-refractivity contribution in [2.24, 2.45) is 0 Å². The summed E-state index contributed by atoms with van der Waals surface area (Å²) in [6, 6.07) is 5.13. The van der Waals surface area contributed by atoms with Gasteiger partial charge < -0.3 is 9.47 Å². The number of carbonyl (C=O) groups is 1. The molecule has 0 amide bonds. The predicted octanol–water partition coefficient (Wildman–Crippen LogP) is 2.90. The van der Waals surface area contributed by atoms with Gasteiger partial charge in [-0.25, -0.2) is 0 Å². The molecule has 4 heteroatoms. The molecule has 0 spiro atoms. The smallest absolute Gasteiger partial charge is 0.181 e. The summed E-state index contributed by atoms with van der Waals surface area (Å²) in [5.41, 5.74) is 0.454. The normalized spacial score (nSPS) is 10.3. The van der Waals surface area contributed by atoms with Crippen LogP contribution in [0, 0.1) is 0 Å². The van der Waals surface area contributed by atoms with Gasteiger partial charge in [-0.1, -0.05) is 0 Å². The zero-order valence-electron chi connectivity index (χ0n) is 9.62. The number of carbonyl (C=O) groups excluding carboxylic acids is 1. The summed E-state index contributed by atoms with van der Waals surface area (Å²) in [6.07, 6.45) is 0.0624. The molecule has 0 heterocycles. The number of ketones is 1. The minimum absolute atomic E-state index is 0.0624. The average Bonchev–Trinajstić information content (AvgIpc) is 2.27. The number of rotatable bonds is 5. The average molecular weight is 243 g/mol. The number of ether oxygens (including phenoxy) is 2. The number of benzene rings is 1. The van der Waals surface area contributed by atoms with Crippen molar-refractivity contribution in [3.8, 4) is 11.5 Å². The van der Waals surface area contributed by atoms with Crippen LogP contribution in [0.25, 0.3) is 0 Å². The molecule has 16 heavy (non-hydrogen) atoms. The molecule has 88 valence electrons. The Balaban J connectivity index is 3.06. The van der Waals surface area contributed by atoms with Crippen molar-refractivity contribution in [1.29, 1.82) is 0 Å². The first-order valence-corrected chi connectivity index (χ1v) is 5.55. The third-order valence-corrected chi connectivity index (χ3v) is 2.21. The van der Waals surface area contributed by atoms with Crippen LogP contribution in [-0.2, 0) is 0 Å². The minimum atomic E-state index is -0.173. The van der Waals surface area contributed by atoms with Crippen molar-refractivity contribution in [1.82, 2.24) is 0 Å². The number of hydrogen-bond acceptors (Lipinski definition) is 3. The Morgan fingerprint density at radius 2 is 2.12 bits per heavy atom. The summed E-state index contributed by atoms with van der Waals surface area (Å²) >= 11 is 5.53. The first-order valence-electron chi connectivity index (χ1n) is 5.02. The molecule has 0 saturated heterocycles. The van der Waals surface area contributed by atoms with Crippen molar-refractivity contribution in [2.75, 3.05) is 13.0 Å². The molecule has 3 nitrogen and oxygen atoms in total. The maximum absolute atomic E-state index is 11.6. The van der Waals surface area contributed by atoms with E-state index in [1.807, 2.05) is 13.8 Å². The van der Waals surface area contributed by atoms with Crippen LogP contribution >= 0.6 is 11.6 Å². The zero-order valence-corrected chi connectivity index (χ0v) is 10.4. The fourth-order valence-electron chi connectivity index (χ4n) is 1.32. The molecule has 0 aromatic heterocycles. The summed E-state index contributed by atoms with van der Waals surface area (Å²) < 4.78 is 10.6. The lowest BCUT2D eigenvalue weighted by atomic mass is 10.1. The van der Waals surface area contributed by atoms with Crippen LogP contribution in [0.2, 0.25) is 0 Å². The van der Waals surface area contributed by atoms with E-state index in [9.17, 15) is 4.79 Å². The van der Waals surface area contributed by atoms with Gasteiger partial charge in [-0.3, -0.25) is 4.79 Å². The summed E-state index contributed by atoms with van der Waals surface area (Å²) in [4.78, 5) is 11.6. The number of alkyl halides is 1. The molecule has 1 aromatic rings. The summed E-state index contributed by atoms with van der Waals surface area (Å²) in [5.74, 6) is 0.917. The van der Waals surface area contributed by atoms with Crippen molar-refractivity contribution >= 4 is 17.4 Å². The molecule has 0 unspecified atom stereocenters. The number of halogens is 1. The third kappa shape index (κ3) is 3.14. The van der Waals surface area contributed by atoms with Crippen LogP contribution in [0.3, 0.4) is 0 Å². The van der Waals surface area contributed by atoms with Crippen LogP contribution in [0.4, 0.5) is 0 Å². The SMILES string of the molecule is COc1ccc(OC(C)C)cc1C(=O)CCl. The lowest BCUT2D eigenvalue weighted by molar-refractivity contribution is 0.101. The molecular formula is C12H15ClO3. The van der Waals surface area contributed by atoms with Gasteiger partial charge in [0.1, 0.15) is 11.5 Å². The quantitative estimate of drug-likeness (QED) is 0.588. The molecule has 0 bridgehead atoms. The van der Waals surface area contributed by atoms with Crippen LogP contribution in [0.5, 0.6) is 11.5 Å². The van der Waals surface area contributed by atoms with Crippen LogP contribution in [0.15, 0.2) is 18.2 Å². The van der Waals surface area contributed by atoms with Gasteiger partial charge in [0, 0.05) is 0 Å². The summed E-state index contributed by atoms with van der Waals surface area (Å²) in [5, 5.41) is 0. The first-order chi connectivity index (χ1) is 7.58. The molecule has 0 N–H and O–H groups in total. The Morgan fingerprint density at radius 3 is 2.62 bits per heavy atom. The van der Waals surface area contributed by atoms with E-state index < -0.39 is 0 Å². The van der Waals surface area contributed by atoms with Gasteiger partial charge in [0.25, 0.3) is 0 Å². The molecule has 1 aromatic carbocycles. The standard InChI is InChI=1S/C12H15ClO3/c1-8(2)16-9-4-5-12(15-3)10(6-9)11(14)7-13/h4-6,8H,7H2,1-3H3. The molecule has 0 saturated carbocycles. The largest absolute Gasteiger partial charge is 0.496 e. The van der Waals surface area contributed by atoms with Crippen LogP contribution in [0.1, 0.15) is 24.2 Å². The van der Waals surface area contributed by atoms with E-state index in [0.717, 1.165) is 0 Å². The molecule has 0 aliphatic carbocycles. The van der Waals surface area contributed by atoms with Gasteiger partial charge in [0.2, 0.25) is 0 Å². The molecule has 1 rings (SSSR count).